The summed E-state index contributed by atoms with van der Waals surface area (Å²) in [5.41, 5.74) is -0.805. The summed E-state index contributed by atoms with van der Waals surface area (Å²) in [5.74, 6) is 1.07. The van der Waals surface area contributed by atoms with Crippen LogP contribution in [0.5, 0.6) is 0 Å². The topological polar surface area (TPSA) is 49.3 Å². The van der Waals surface area contributed by atoms with Crippen molar-refractivity contribution < 1.29 is 9.90 Å². The van der Waals surface area contributed by atoms with Crippen molar-refractivity contribution in [3.05, 3.63) is 12.2 Å². The second-order valence-corrected chi connectivity index (χ2v) is 5.54. The van der Waals surface area contributed by atoms with Gasteiger partial charge < -0.3 is 10.4 Å². The molecule has 2 unspecified atom stereocenters. The summed E-state index contributed by atoms with van der Waals surface area (Å²) >= 11 is 1.58. The van der Waals surface area contributed by atoms with Gasteiger partial charge >= 0.3 is 0 Å². The molecule has 0 aromatic rings. The third kappa shape index (κ3) is 5.03. The second kappa shape index (κ2) is 6.30. The van der Waals surface area contributed by atoms with Crippen LogP contribution in [-0.4, -0.2) is 35.2 Å². The molecular formula is C12H21NO2S. The maximum absolute atomic E-state index is 11.6. The summed E-state index contributed by atoms with van der Waals surface area (Å²) < 4.78 is 0. The number of rotatable bonds is 6. The highest BCUT2D eigenvalue weighted by Crippen LogP contribution is 2.20. The molecule has 0 heterocycles. The SMILES string of the molecule is CSCC(C)(O)CNC(=O)CC1C=CCC1. The lowest BCUT2D eigenvalue weighted by atomic mass is 10.0. The first-order valence-electron chi connectivity index (χ1n) is 5.68. The number of amides is 1. The quantitative estimate of drug-likeness (QED) is 0.696. The highest BCUT2D eigenvalue weighted by molar-refractivity contribution is 7.98. The van der Waals surface area contributed by atoms with Gasteiger partial charge in [-0.2, -0.15) is 11.8 Å². The van der Waals surface area contributed by atoms with E-state index in [4.69, 9.17) is 0 Å². The monoisotopic (exact) mass is 243 g/mol. The maximum Gasteiger partial charge on any atom is 0.220 e. The van der Waals surface area contributed by atoms with Crippen LogP contribution in [0.15, 0.2) is 12.2 Å². The van der Waals surface area contributed by atoms with Crippen LogP contribution in [0.1, 0.15) is 26.2 Å². The van der Waals surface area contributed by atoms with Crippen LogP contribution in [0.2, 0.25) is 0 Å². The van der Waals surface area contributed by atoms with Gasteiger partial charge in [-0.1, -0.05) is 12.2 Å². The largest absolute Gasteiger partial charge is 0.387 e. The van der Waals surface area contributed by atoms with Crippen LogP contribution < -0.4 is 5.32 Å². The van der Waals surface area contributed by atoms with Gasteiger partial charge in [0.2, 0.25) is 5.91 Å². The van der Waals surface area contributed by atoms with Crippen LogP contribution >= 0.6 is 11.8 Å². The minimum atomic E-state index is -0.805. The molecule has 1 amide bonds. The third-order valence-corrected chi connectivity index (χ3v) is 3.59. The van der Waals surface area contributed by atoms with E-state index in [1.807, 2.05) is 6.26 Å². The van der Waals surface area contributed by atoms with Crippen LogP contribution in [0.4, 0.5) is 0 Å². The molecule has 92 valence electrons. The molecule has 2 atom stereocenters. The lowest BCUT2D eigenvalue weighted by Crippen LogP contribution is -2.42. The predicted molar refractivity (Wildman–Crippen MR) is 68.5 cm³/mol. The summed E-state index contributed by atoms with van der Waals surface area (Å²) in [5, 5.41) is 12.7. The van der Waals surface area contributed by atoms with Crippen molar-refractivity contribution >= 4 is 17.7 Å². The lowest BCUT2D eigenvalue weighted by molar-refractivity contribution is -0.122. The summed E-state index contributed by atoms with van der Waals surface area (Å²) in [4.78, 5) is 11.6. The number of carbonyl (C=O) groups excluding carboxylic acids is 1. The van der Waals surface area contributed by atoms with Gasteiger partial charge in [0.15, 0.2) is 0 Å². The van der Waals surface area contributed by atoms with E-state index in [1.165, 1.54) is 0 Å². The van der Waals surface area contributed by atoms with Crippen molar-refractivity contribution in [3.8, 4) is 0 Å². The van der Waals surface area contributed by atoms with Gasteiger partial charge in [0, 0.05) is 18.7 Å². The molecule has 3 nitrogen and oxygen atoms in total. The predicted octanol–water partition coefficient (Wildman–Crippen LogP) is 1.57. The number of aliphatic hydroxyl groups is 1. The zero-order chi connectivity index (χ0) is 12.0. The zero-order valence-corrected chi connectivity index (χ0v) is 10.8. The first-order chi connectivity index (χ1) is 7.53. The van der Waals surface area contributed by atoms with Crippen LogP contribution in [0, 0.1) is 5.92 Å². The number of thioether (sulfide) groups is 1. The van der Waals surface area contributed by atoms with Gasteiger partial charge in [-0.3, -0.25) is 4.79 Å². The molecule has 1 rings (SSSR count). The Morgan fingerprint density at radius 2 is 2.44 bits per heavy atom. The summed E-state index contributed by atoms with van der Waals surface area (Å²) in [6.07, 6.45) is 8.89. The molecule has 0 aromatic carbocycles. The Kier molecular flexibility index (Phi) is 5.35. The summed E-state index contributed by atoms with van der Waals surface area (Å²) in [6.45, 7) is 2.09. The molecule has 4 heteroatoms. The highest BCUT2D eigenvalue weighted by atomic mass is 32.2. The Morgan fingerprint density at radius 1 is 1.69 bits per heavy atom. The molecule has 0 spiro atoms. The molecular weight excluding hydrogens is 222 g/mol. The van der Waals surface area contributed by atoms with Gasteiger partial charge in [0.25, 0.3) is 0 Å². The maximum atomic E-state index is 11.6. The standard InChI is InChI=1S/C12H21NO2S/c1-12(15,9-16-2)8-13-11(14)7-10-5-3-4-6-10/h3,5,10,15H,4,6-9H2,1-2H3,(H,13,14). The first kappa shape index (κ1) is 13.6. The lowest BCUT2D eigenvalue weighted by Gasteiger charge is -2.22. The van der Waals surface area contributed by atoms with Crippen molar-refractivity contribution in [2.75, 3.05) is 18.6 Å². The molecule has 0 saturated heterocycles. The van der Waals surface area contributed by atoms with E-state index in [9.17, 15) is 9.90 Å². The van der Waals surface area contributed by atoms with Gasteiger partial charge in [0.1, 0.15) is 0 Å². The van der Waals surface area contributed by atoms with Crippen LogP contribution in [0.25, 0.3) is 0 Å². The fourth-order valence-electron chi connectivity index (χ4n) is 1.83. The number of carbonyl (C=O) groups is 1. The average Bonchev–Trinajstić information content (AvgIpc) is 2.68. The van der Waals surface area contributed by atoms with Gasteiger partial charge in [0.05, 0.1) is 5.60 Å². The molecule has 0 saturated carbocycles. The van der Waals surface area contributed by atoms with E-state index in [0.29, 0.717) is 24.6 Å². The van der Waals surface area contributed by atoms with Gasteiger partial charge in [-0.15, -0.1) is 0 Å². The minimum absolute atomic E-state index is 0.0397. The van der Waals surface area contributed by atoms with E-state index in [-0.39, 0.29) is 5.91 Å². The minimum Gasteiger partial charge on any atom is -0.387 e. The van der Waals surface area contributed by atoms with E-state index < -0.39 is 5.60 Å². The van der Waals surface area contributed by atoms with Crippen molar-refractivity contribution in [1.29, 1.82) is 0 Å². The molecule has 0 aromatic heterocycles. The number of allylic oxidation sites excluding steroid dienone is 2. The molecule has 0 bridgehead atoms. The summed E-state index contributed by atoms with van der Waals surface area (Å²) in [6, 6.07) is 0. The Hall–Kier alpha value is -0.480. The fourth-order valence-corrected chi connectivity index (χ4v) is 2.55. The Morgan fingerprint density at radius 3 is 3.00 bits per heavy atom. The second-order valence-electron chi connectivity index (χ2n) is 4.68. The zero-order valence-electron chi connectivity index (χ0n) is 10.0. The van der Waals surface area contributed by atoms with Crippen molar-refractivity contribution in [2.45, 2.75) is 31.8 Å². The van der Waals surface area contributed by atoms with E-state index >= 15 is 0 Å². The Labute approximate surface area is 102 Å². The van der Waals surface area contributed by atoms with Crippen molar-refractivity contribution in [3.63, 3.8) is 0 Å². The van der Waals surface area contributed by atoms with Crippen LogP contribution in [0.3, 0.4) is 0 Å². The van der Waals surface area contributed by atoms with E-state index in [0.717, 1.165) is 12.8 Å². The third-order valence-electron chi connectivity index (χ3n) is 2.68. The van der Waals surface area contributed by atoms with Gasteiger partial charge in [-0.05, 0) is 31.9 Å². The fraction of sp³-hybridized carbons (Fsp3) is 0.750. The van der Waals surface area contributed by atoms with Crippen molar-refractivity contribution in [1.82, 2.24) is 5.32 Å². The smallest absolute Gasteiger partial charge is 0.220 e. The molecule has 0 fully saturated rings. The molecule has 16 heavy (non-hydrogen) atoms. The van der Waals surface area contributed by atoms with Crippen LogP contribution in [-0.2, 0) is 4.79 Å². The van der Waals surface area contributed by atoms with Gasteiger partial charge in [-0.25, -0.2) is 0 Å². The molecule has 0 radical (unpaired) electrons. The first-order valence-corrected chi connectivity index (χ1v) is 7.07. The Bertz CT molecular complexity index is 264. The Balaban J connectivity index is 2.21. The molecule has 2 N–H and O–H groups in total. The van der Waals surface area contributed by atoms with E-state index in [2.05, 4.69) is 17.5 Å². The molecule has 1 aliphatic carbocycles. The molecule has 1 aliphatic rings. The number of hydrogen-bond donors (Lipinski definition) is 2. The average molecular weight is 243 g/mol. The summed E-state index contributed by atoms with van der Waals surface area (Å²) in [7, 11) is 0. The number of hydrogen-bond acceptors (Lipinski definition) is 3. The van der Waals surface area contributed by atoms with Crippen molar-refractivity contribution in [2.24, 2.45) is 5.92 Å². The normalized spacial score (nSPS) is 23.1. The molecule has 0 aliphatic heterocycles. The highest BCUT2D eigenvalue weighted by Gasteiger charge is 2.21. The van der Waals surface area contributed by atoms with E-state index in [1.54, 1.807) is 18.7 Å². The number of nitrogens with one attached hydrogen (secondary N) is 1.